The molecule has 27 heavy (non-hydrogen) atoms. The molecule has 1 amide bonds. The third-order valence-electron chi connectivity index (χ3n) is 5.73. The Balaban J connectivity index is 0.00000182. The number of ether oxygens (including phenoxy) is 1. The zero-order valence-corrected chi connectivity index (χ0v) is 17.9. The van der Waals surface area contributed by atoms with Gasteiger partial charge < -0.3 is 15.4 Å². The smallest absolute Gasteiger partial charge is 0.228 e. The summed E-state index contributed by atoms with van der Waals surface area (Å²) in [4.78, 5) is 15.5. The van der Waals surface area contributed by atoms with Crippen molar-refractivity contribution in [2.24, 2.45) is 5.41 Å². The number of halogens is 2. The summed E-state index contributed by atoms with van der Waals surface area (Å²) in [6.45, 7) is 6.40. The monoisotopic (exact) mass is 417 g/mol. The van der Waals surface area contributed by atoms with E-state index < -0.39 is 0 Å². The molecule has 2 fully saturated rings. The van der Waals surface area contributed by atoms with Gasteiger partial charge in [-0.2, -0.15) is 0 Å². The van der Waals surface area contributed by atoms with E-state index in [1.165, 1.54) is 5.56 Å². The third-order valence-corrected chi connectivity index (χ3v) is 5.73. The lowest BCUT2D eigenvalue weighted by Gasteiger charge is -2.36. The van der Waals surface area contributed by atoms with E-state index in [4.69, 9.17) is 4.74 Å². The molecule has 1 aromatic rings. The molecule has 0 spiro atoms. The van der Waals surface area contributed by atoms with Crippen molar-refractivity contribution >= 4 is 30.7 Å². The van der Waals surface area contributed by atoms with Gasteiger partial charge >= 0.3 is 0 Å². The number of rotatable bonds is 6. The van der Waals surface area contributed by atoms with Crippen LogP contribution in [0.25, 0.3) is 0 Å². The Kier molecular flexibility index (Phi) is 10.1. The highest BCUT2D eigenvalue weighted by Gasteiger charge is 2.41. The van der Waals surface area contributed by atoms with Crippen molar-refractivity contribution < 1.29 is 9.53 Å². The molecule has 2 aliphatic heterocycles. The number of hydrogen-bond donors (Lipinski definition) is 2. The SMILES string of the molecule is COCC1(C(=O)NC2CC(C)N(Cc3ccccc3)C2)CCNCC1.Cl.Cl. The number of piperidine rings is 1. The largest absolute Gasteiger partial charge is 0.384 e. The van der Waals surface area contributed by atoms with Crippen LogP contribution in [0.1, 0.15) is 31.7 Å². The molecule has 2 N–H and O–H groups in total. The van der Waals surface area contributed by atoms with Crippen molar-refractivity contribution in [2.75, 3.05) is 33.4 Å². The molecule has 0 aliphatic carbocycles. The molecule has 154 valence electrons. The van der Waals surface area contributed by atoms with Crippen molar-refractivity contribution in [3.05, 3.63) is 35.9 Å². The number of carbonyl (C=O) groups is 1. The van der Waals surface area contributed by atoms with E-state index in [1.807, 2.05) is 6.07 Å². The number of likely N-dealkylation sites (tertiary alicyclic amines) is 1. The van der Waals surface area contributed by atoms with Gasteiger partial charge in [0.2, 0.25) is 5.91 Å². The zero-order chi connectivity index (χ0) is 17.7. The molecule has 0 saturated carbocycles. The lowest BCUT2D eigenvalue weighted by Crippen LogP contribution is -2.52. The number of methoxy groups -OCH3 is 1. The number of nitrogens with zero attached hydrogens (tertiary/aromatic N) is 1. The molecule has 5 nitrogen and oxygen atoms in total. The van der Waals surface area contributed by atoms with Crippen molar-refractivity contribution in [2.45, 2.75) is 44.8 Å². The van der Waals surface area contributed by atoms with Crippen LogP contribution < -0.4 is 10.6 Å². The first kappa shape index (κ1) is 24.2. The number of benzene rings is 1. The Morgan fingerprint density at radius 1 is 1.26 bits per heavy atom. The van der Waals surface area contributed by atoms with Crippen LogP contribution in [-0.4, -0.2) is 56.2 Å². The van der Waals surface area contributed by atoms with Crippen LogP contribution in [-0.2, 0) is 16.1 Å². The van der Waals surface area contributed by atoms with Gasteiger partial charge in [-0.3, -0.25) is 9.69 Å². The fourth-order valence-corrected chi connectivity index (χ4v) is 4.20. The predicted octanol–water partition coefficient (Wildman–Crippen LogP) is 2.63. The van der Waals surface area contributed by atoms with Gasteiger partial charge in [0.05, 0.1) is 12.0 Å². The van der Waals surface area contributed by atoms with Gasteiger partial charge in [0.1, 0.15) is 0 Å². The van der Waals surface area contributed by atoms with Gasteiger partial charge in [-0.15, -0.1) is 24.8 Å². The lowest BCUT2D eigenvalue weighted by atomic mass is 9.78. The predicted molar refractivity (Wildman–Crippen MR) is 114 cm³/mol. The normalized spacial score (nSPS) is 24.5. The van der Waals surface area contributed by atoms with Crippen molar-refractivity contribution in [1.82, 2.24) is 15.5 Å². The fraction of sp³-hybridized carbons (Fsp3) is 0.650. The minimum atomic E-state index is -0.365. The minimum Gasteiger partial charge on any atom is -0.384 e. The van der Waals surface area contributed by atoms with Crippen LogP contribution in [0.3, 0.4) is 0 Å². The Labute approximate surface area is 175 Å². The third kappa shape index (κ3) is 6.06. The Hall–Kier alpha value is -0.850. The van der Waals surface area contributed by atoms with E-state index in [0.717, 1.165) is 45.4 Å². The second-order valence-corrected chi connectivity index (χ2v) is 7.63. The molecule has 2 unspecified atom stereocenters. The van der Waals surface area contributed by atoms with Crippen LogP contribution >= 0.6 is 24.8 Å². The van der Waals surface area contributed by atoms with Crippen molar-refractivity contribution in [1.29, 1.82) is 0 Å². The first-order valence-electron chi connectivity index (χ1n) is 9.41. The molecule has 2 heterocycles. The summed E-state index contributed by atoms with van der Waals surface area (Å²) >= 11 is 0. The van der Waals surface area contributed by atoms with E-state index in [-0.39, 0.29) is 42.2 Å². The number of amides is 1. The summed E-state index contributed by atoms with van der Waals surface area (Å²) in [5.41, 5.74) is 0.964. The van der Waals surface area contributed by atoms with Crippen LogP contribution in [0.15, 0.2) is 30.3 Å². The molecule has 0 bridgehead atoms. The van der Waals surface area contributed by atoms with Crippen LogP contribution in [0.2, 0.25) is 0 Å². The topological polar surface area (TPSA) is 53.6 Å². The molecule has 7 heteroatoms. The van der Waals surface area contributed by atoms with E-state index in [9.17, 15) is 4.79 Å². The highest BCUT2D eigenvalue weighted by Crippen LogP contribution is 2.30. The van der Waals surface area contributed by atoms with E-state index >= 15 is 0 Å². The zero-order valence-electron chi connectivity index (χ0n) is 16.3. The molecule has 3 rings (SSSR count). The van der Waals surface area contributed by atoms with Crippen LogP contribution in [0.4, 0.5) is 0 Å². The minimum absolute atomic E-state index is 0. The first-order chi connectivity index (χ1) is 12.1. The maximum Gasteiger partial charge on any atom is 0.228 e. The number of hydrogen-bond acceptors (Lipinski definition) is 4. The number of carbonyl (C=O) groups excluding carboxylic acids is 1. The summed E-state index contributed by atoms with van der Waals surface area (Å²) in [6.07, 6.45) is 2.71. The molecule has 1 aromatic carbocycles. The maximum atomic E-state index is 13.0. The van der Waals surface area contributed by atoms with E-state index in [1.54, 1.807) is 7.11 Å². The van der Waals surface area contributed by atoms with E-state index in [2.05, 4.69) is 46.7 Å². The van der Waals surface area contributed by atoms with Gasteiger partial charge in [0.15, 0.2) is 0 Å². The lowest BCUT2D eigenvalue weighted by molar-refractivity contribution is -0.136. The molecule has 0 aromatic heterocycles. The maximum absolute atomic E-state index is 13.0. The highest BCUT2D eigenvalue weighted by atomic mass is 35.5. The molecular formula is C20H33Cl2N3O2. The number of nitrogens with one attached hydrogen (secondary N) is 2. The van der Waals surface area contributed by atoms with Crippen molar-refractivity contribution in [3.63, 3.8) is 0 Å². The highest BCUT2D eigenvalue weighted by molar-refractivity contribution is 5.85. The summed E-state index contributed by atoms with van der Waals surface area (Å²) in [7, 11) is 1.69. The standard InChI is InChI=1S/C20H31N3O2.2ClH/c1-16-12-18(14-23(16)13-17-6-4-3-5-7-17)22-19(24)20(15-25-2)8-10-21-11-9-20;;/h3-7,16,18,21H,8-15H2,1-2H3,(H,22,24);2*1H. The fourth-order valence-electron chi connectivity index (χ4n) is 4.20. The molecule has 0 radical (unpaired) electrons. The first-order valence-corrected chi connectivity index (χ1v) is 9.41. The molecule has 2 atom stereocenters. The van der Waals surface area contributed by atoms with Gasteiger partial charge in [0.25, 0.3) is 0 Å². The van der Waals surface area contributed by atoms with Gasteiger partial charge in [-0.25, -0.2) is 0 Å². The van der Waals surface area contributed by atoms with Crippen LogP contribution in [0, 0.1) is 5.41 Å². The molecular weight excluding hydrogens is 385 g/mol. The average molecular weight is 418 g/mol. The second kappa shape index (κ2) is 11.2. The molecule has 2 saturated heterocycles. The van der Waals surface area contributed by atoms with Gasteiger partial charge in [0, 0.05) is 32.3 Å². The van der Waals surface area contributed by atoms with Gasteiger partial charge in [-0.05, 0) is 44.8 Å². The van der Waals surface area contributed by atoms with Crippen LogP contribution in [0.5, 0.6) is 0 Å². The second-order valence-electron chi connectivity index (χ2n) is 7.63. The quantitative estimate of drug-likeness (QED) is 0.746. The summed E-state index contributed by atoms with van der Waals surface area (Å²) in [6, 6.07) is 11.3. The van der Waals surface area contributed by atoms with Gasteiger partial charge in [-0.1, -0.05) is 30.3 Å². The summed E-state index contributed by atoms with van der Waals surface area (Å²) in [5, 5.41) is 6.68. The van der Waals surface area contributed by atoms with Crippen molar-refractivity contribution in [3.8, 4) is 0 Å². The average Bonchev–Trinajstić information content (AvgIpc) is 2.96. The van der Waals surface area contributed by atoms with E-state index in [0.29, 0.717) is 12.6 Å². The Bertz CT molecular complexity index is 562. The Morgan fingerprint density at radius 2 is 1.93 bits per heavy atom. The summed E-state index contributed by atoms with van der Waals surface area (Å²) < 4.78 is 5.39. The molecule has 2 aliphatic rings. The summed E-state index contributed by atoms with van der Waals surface area (Å²) in [5.74, 6) is 0.176. The Morgan fingerprint density at radius 3 is 2.56 bits per heavy atom.